The van der Waals surface area contributed by atoms with E-state index in [1.807, 2.05) is 91.0 Å². The Bertz CT molecular complexity index is 3530. The molecule has 0 aliphatic rings. The molecule has 0 aliphatic heterocycles. The van der Waals surface area contributed by atoms with Gasteiger partial charge in [0, 0.05) is 58.7 Å². The fourth-order valence-electron chi connectivity index (χ4n) is 7.69. The number of para-hydroxylation sites is 3. The fraction of sp³-hybridized carbons (Fsp3) is 0. The van der Waals surface area contributed by atoms with Gasteiger partial charge in [0.15, 0.2) is 0 Å². The number of aromatic nitrogens is 2. The van der Waals surface area contributed by atoms with Crippen LogP contribution in [-0.2, 0) is 0 Å². The van der Waals surface area contributed by atoms with E-state index in [0.717, 1.165) is 58.8 Å². The van der Waals surface area contributed by atoms with Crippen LogP contribution < -0.4 is 0 Å². The normalized spacial score (nSPS) is 13.8. The van der Waals surface area contributed by atoms with E-state index in [1.54, 1.807) is 15.9 Å². The summed E-state index contributed by atoms with van der Waals surface area (Å²) in [5.74, 6) is 0. The van der Waals surface area contributed by atoms with Crippen LogP contribution in [0.5, 0.6) is 0 Å². The van der Waals surface area contributed by atoms with Crippen molar-refractivity contribution in [3.8, 4) is 33.6 Å². The molecule has 0 aliphatic carbocycles. The third kappa shape index (κ3) is 4.29. The summed E-state index contributed by atoms with van der Waals surface area (Å²) in [5.41, 5.74) is 6.86. The number of rotatable bonds is 4. The van der Waals surface area contributed by atoms with Gasteiger partial charge in [-0.1, -0.05) is 115 Å². The van der Waals surface area contributed by atoms with Crippen molar-refractivity contribution in [2.75, 3.05) is 0 Å². The lowest BCUT2D eigenvalue weighted by molar-refractivity contribution is 1.18. The van der Waals surface area contributed by atoms with Crippen molar-refractivity contribution in [2.45, 2.75) is 0 Å². The van der Waals surface area contributed by atoms with E-state index >= 15 is 0 Å². The zero-order valence-corrected chi connectivity index (χ0v) is 27.9. The molecule has 0 amide bonds. The van der Waals surface area contributed by atoms with E-state index in [9.17, 15) is 5.48 Å². The molecule has 3 heteroatoms. The maximum absolute atomic E-state index is 9.86. The molecule has 11 aromatic rings. The van der Waals surface area contributed by atoms with Crippen molar-refractivity contribution < 1.29 is 9.60 Å². The predicted molar refractivity (Wildman–Crippen MR) is 219 cm³/mol. The Morgan fingerprint density at radius 2 is 1.18 bits per heavy atom. The van der Waals surface area contributed by atoms with Crippen LogP contribution in [0.25, 0.3) is 97.4 Å². The van der Waals surface area contributed by atoms with Gasteiger partial charge in [0.1, 0.15) is 0 Å². The molecule has 0 bridgehead atoms. The van der Waals surface area contributed by atoms with Gasteiger partial charge in [-0.25, -0.2) is 0 Å². The molecular formula is C48H30N2S. The second kappa shape index (κ2) is 11.0. The summed E-state index contributed by atoms with van der Waals surface area (Å²) in [6.45, 7) is 0. The van der Waals surface area contributed by atoms with Crippen molar-refractivity contribution in [1.29, 1.82) is 0 Å². The standard InChI is InChI=1S/C48H30N2S/c1-3-12-31(13-4-1)36-18-11-19-39-41-29-33(23-26-45(41)50(48(36)39)34-14-5-2-6-15-34)32-22-25-44-40(28-32)37-16-7-9-20-43(37)49(44)35-24-27-47-42(30-35)38-17-8-10-21-46(38)51-47/h1-30H/i7D,9D,16D,20D,22D,25D,28D. The first-order valence-electron chi connectivity index (χ1n) is 20.4. The summed E-state index contributed by atoms with van der Waals surface area (Å²) >= 11 is 1.66. The number of hydrogen-bond donors (Lipinski definition) is 0. The number of hydrogen-bond acceptors (Lipinski definition) is 1. The van der Waals surface area contributed by atoms with Gasteiger partial charge >= 0.3 is 0 Å². The maximum atomic E-state index is 9.86. The van der Waals surface area contributed by atoms with Gasteiger partial charge in [-0.15, -0.1) is 11.3 Å². The SMILES string of the molecule is [2H]c1c([2H])c([2H])c2c(c1[2H])c1c([2H])c(-c3ccc4c(c3)c3cccc(-c5ccccc5)c3n4-c3ccccc3)c([2H])c([2H])c1n2-c1ccc2sc3ccccc3c2c1. The quantitative estimate of drug-likeness (QED) is 0.176. The molecule has 0 saturated carbocycles. The van der Waals surface area contributed by atoms with Gasteiger partial charge in [0.2, 0.25) is 0 Å². The number of nitrogens with zero attached hydrogens (tertiary/aromatic N) is 2. The van der Waals surface area contributed by atoms with Crippen LogP contribution in [0.3, 0.4) is 0 Å². The topological polar surface area (TPSA) is 9.86 Å². The van der Waals surface area contributed by atoms with Crippen molar-refractivity contribution in [2.24, 2.45) is 0 Å². The summed E-state index contributed by atoms with van der Waals surface area (Å²) in [6, 6.07) is 44.8. The highest BCUT2D eigenvalue weighted by molar-refractivity contribution is 7.25. The van der Waals surface area contributed by atoms with Crippen molar-refractivity contribution in [3.05, 3.63) is 182 Å². The summed E-state index contributed by atoms with van der Waals surface area (Å²) in [5, 5.41) is 4.32. The lowest BCUT2D eigenvalue weighted by atomic mass is 9.99. The minimum Gasteiger partial charge on any atom is -0.309 e. The highest BCUT2D eigenvalue weighted by Gasteiger charge is 2.19. The molecule has 238 valence electrons. The fourth-order valence-corrected chi connectivity index (χ4v) is 8.78. The molecule has 3 heterocycles. The lowest BCUT2D eigenvalue weighted by Crippen LogP contribution is -1.95. The zero-order chi connectivity index (χ0) is 39.6. The van der Waals surface area contributed by atoms with Crippen LogP contribution in [0.15, 0.2) is 182 Å². The molecule has 51 heavy (non-hydrogen) atoms. The molecule has 0 N–H and O–H groups in total. The van der Waals surface area contributed by atoms with Crippen LogP contribution in [0.4, 0.5) is 0 Å². The first-order chi connectivity index (χ1) is 28.2. The smallest absolute Gasteiger partial charge is 0.0645 e. The van der Waals surface area contributed by atoms with Crippen LogP contribution >= 0.6 is 11.3 Å². The lowest BCUT2D eigenvalue weighted by Gasteiger charge is -2.11. The number of benzene rings is 8. The predicted octanol–water partition coefficient (Wildman–Crippen LogP) is 13.6. The van der Waals surface area contributed by atoms with Crippen molar-refractivity contribution in [1.82, 2.24) is 9.13 Å². The van der Waals surface area contributed by atoms with Crippen molar-refractivity contribution in [3.63, 3.8) is 0 Å². The maximum Gasteiger partial charge on any atom is 0.0645 e. The molecule has 0 atom stereocenters. The number of fused-ring (bicyclic) bond motifs is 9. The van der Waals surface area contributed by atoms with Crippen LogP contribution in [-0.4, -0.2) is 9.13 Å². The summed E-state index contributed by atoms with van der Waals surface area (Å²) in [6.07, 6.45) is 0. The Labute approximate surface area is 308 Å². The van der Waals surface area contributed by atoms with E-state index < -0.39 is 12.1 Å². The third-order valence-corrected chi connectivity index (χ3v) is 11.1. The van der Waals surface area contributed by atoms with Gasteiger partial charge < -0.3 is 9.13 Å². The highest BCUT2D eigenvalue weighted by atomic mass is 32.1. The Morgan fingerprint density at radius 3 is 2.08 bits per heavy atom. The van der Waals surface area contributed by atoms with Gasteiger partial charge in [0.25, 0.3) is 0 Å². The van der Waals surface area contributed by atoms with Crippen LogP contribution in [0.2, 0.25) is 0 Å². The van der Waals surface area contributed by atoms with Gasteiger partial charge in [-0.2, -0.15) is 0 Å². The molecule has 0 saturated heterocycles. The summed E-state index contributed by atoms with van der Waals surface area (Å²) in [7, 11) is 0. The largest absolute Gasteiger partial charge is 0.309 e. The average molecular weight is 674 g/mol. The monoisotopic (exact) mass is 673 g/mol. The molecule has 0 spiro atoms. The average Bonchev–Trinajstić information content (AvgIpc) is 3.93. The first kappa shape index (κ1) is 22.3. The summed E-state index contributed by atoms with van der Waals surface area (Å²) in [4.78, 5) is 0. The number of thiophene rings is 1. The van der Waals surface area contributed by atoms with Gasteiger partial charge in [-0.3, -0.25) is 0 Å². The molecule has 0 unspecified atom stereocenters. The second-order valence-electron chi connectivity index (χ2n) is 12.8. The Balaban J connectivity index is 1.23. The van der Waals surface area contributed by atoms with Crippen molar-refractivity contribution >= 4 is 75.1 Å². The minimum atomic E-state index is -0.414. The molecular weight excluding hydrogens is 637 g/mol. The Morgan fingerprint density at radius 1 is 0.412 bits per heavy atom. The van der Waals surface area contributed by atoms with E-state index in [2.05, 4.69) is 53.1 Å². The Kier molecular flexibility index (Phi) is 4.84. The molecule has 0 radical (unpaired) electrons. The molecule has 3 aromatic heterocycles. The summed E-state index contributed by atoms with van der Waals surface area (Å²) < 4.78 is 70.8. The molecule has 11 rings (SSSR count). The molecule has 2 nitrogen and oxygen atoms in total. The van der Waals surface area contributed by atoms with Gasteiger partial charge in [-0.05, 0) is 83.3 Å². The first-order valence-corrected chi connectivity index (χ1v) is 17.7. The molecule has 0 fully saturated rings. The van der Waals surface area contributed by atoms with Crippen LogP contribution in [0, 0.1) is 0 Å². The van der Waals surface area contributed by atoms with E-state index in [4.69, 9.17) is 4.11 Å². The third-order valence-electron chi connectivity index (χ3n) is 9.95. The highest BCUT2D eigenvalue weighted by Crippen LogP contribution is 2.42. The van der Waals surface area contributed by atoms with Crippen LogP contribution in [0.1, 0.15) is 9.60 Å². The minimum absolute atomic E-state index is 0.0667. The Hall–Kier alpha value is -6.42. The van der Waals surface area contributed by atoms with E-state index in [1.165, 1.54) is 0 Å². The molecule has 8 aromatic carbocycles. The van der Waals surface area contributed by atoms with Gasteiger partial charge in [0.05, 0.1) is 31.7 Å². The zero-order valence-electron chi connectivity index (χ0n) is 34.1. The van der Waals surface area contributed by atoms with E-state index in [-0.39, 0.29) is 57.6 Å². The van der Waals surface area contributed by atoms with E-state index in [0.29, 0.717) is 11.3 Å². The second-order valence-corrected chi connectivity index (χ2v) is 13.9.